The van der Waals surface area contributed by atoms with E-state index in [2.05, 4.69) is 20.9 Å². The molecule has 10 heteroatoms. The second-order valence-electron chi connectivity index (χ2n) is 6.63. The number of anilines is 1. The first-order valence-electron chi connectivity index (χ1n) is 9.37. The lowest BCUT2D eigenvalue weighted by atomic mass is 10.1. The topological polar surface area (TPSA) is 115 Å². The number of rotatable bonds is 9. The fraction of sp³-hybridized carbons (Fsp3) is 0.250. The summed E-state index contributed by atoms with van der Waals surface area (Å²) in [6.45, 7) is 2.40. The molecule has 0 bridgehead atoms. The van der Waals surface area contributed by atoms with Gasteiger partial charge in [0.2, 0.25) is 5.91 Å². The quantitative estimate of drug-likeness (QED) is 0.413. The van der Waals surface area contributed by atoms with E-state index in [1.54, 1.807) is 41.2 Å². The molecule has 0 aliphatic carbocycles. The van der Waals surface area contributed by atoms with Crippen molar-refractivity contribution < 1.29 is 14.1 Å². The minimum atomic E-state index is -0.639. The SMILES string of the molecule is CCC(Nc1ccccc1[N+](=O)[O-])C(=O)NCc1cn(Cc2ccc(F)cc2)nn1. The van der Waals surface area contributed by atoms with Gasteiger partial charge in [-0.15, -0.1) is 5.10 Å². The molecular weight excluding hydrogens is 391 g/mol. The van der Waals surface area contributed by atoms with Gasteiger partial charge in [-0.1, -0.05) is 36.4 Å². The van der Waals surface area contributed by atoms with E-state index < -0.39 is 11.0 Å². The number of amides is 1. The van der Waals surface area contributed by atoms with Gasteiger partial charge in [0.05, 0.1) is 24.2 Å². The predicted molar refractivity (Wildman–Crippen MR) is 108 cm³/mol. The van der Waals surface area contributed by atoms with Crippen molar-refractivity contribution >= 4 is 17.3 Å². The first kappa shape index (κ1) is 20.9. The van der Waals surface area contributed by atoms with Gasteiger partial charge in [0.15, 0.2) is 0 Å². The Kier molecular flexibility index (Phi) is 6.68. The van der Waals surface area contributed by atoms with Crippen molar-refractivity contribution in [2.45, 2.75) is 32.5 Å². The van der Waals surface area contributed by atoms with Gasteiger partial charge in [-0.05, 0) is 30.2 Å². The van der Waals surface area contributed by atoms with Crippen LogP contribution in [-0.4, -0.2) is 31.9 Å². The van der Waals surface area contributed by atoms with Gasteiger partial charge in [0.25, 0.3) is 5.69 Å². The molecule has 0 saturated heterocycles. The Morgan fingerprint density at radius 3 is 2.67 bits per heavy atom. The summed E-state index contributed by atoms with van der Waals surface area (Å²) in [5, 5.41) is 24.9. The van der Waals surface area contributed by atoms with E-state index in [9.17, 15) is 19.3 Å². The van der Waals surface area contributed by atoms with Crippen LogP contribution < -0.4 is 10.6 Å². The minimum absolute atomic E-state index is 0.0903. The van der Waals surface area contributed by atoms with Gasteiger partial charge >= 0.3 is 0 Å². The fourth-order valence-electron chi connectivity index (χ4n) is 2.87. The molecule has 0 radical (unpaired) electrons. The Hall–Kier alpha value is -3.82. The van der Waals surface area contributed by atoms with Crippen molar-refractivity contribution in [3.8, 4) is 0 Å². The molecule has 3 aromatic rings. The van der Waals surface area contributed by atoms with Crippen molar-refractivity contribution in [2.24, 2.45) is 0 Å². The minimum Gasteiger partial charge on any atom is -0.368 e. The first-order chi connectivity index (χ1) is 14.5. The molecule has 1 amide bonds. The molecule has 156 valence electrons. The summed E-state index contributed by atoms with van der Waals surface area (Å²) < 4.78 is 14.6. The number of aromatic nitrogens is 3. The van der Waals surface area contributed by atoms with Crippen LogP contribution in [0.4, 0.5) is 15.8 Å². The van der Waals surface area contributed by atoms with Crippen LogP contribution >= 0.6 is 0 Å². The summed E-state index contributed by atoms with van der Waals surface area (Å²) in [5.74, 6) is -0.607. The monoisotopic (exact) mass is 412 g/mol. The van der Waals surface area contributed by atoms with Crippen LogP contribution in [0.15, 0.2) is 54.7 Å². The third-order valence-electron chi connectivity index (χ3n) is 4.44. The molecule has 9 nitrogen and oxygen atoms in total. The van der Waals surface area contributed by atoms with Crippen LogP contribution in [0, 0.1) is 15.9 Å². The highest BCUT2D eigenvalue weighted by molar-refractivity contribution is 5.85. The third kappa shape index (κ3) is 5.37. The van der Waals surface area contributed by atoms with E-state index in [1.807, 2.05) is 6.92 Å². The number of para-hydroxylation sites is 2. The van der Waals surface area contributed by atoms with E-state index >= 15 is 0 Å². The Morgan fingerprint density at radius 2 is 1.97 bits per heavy atom. The summed E-state index contributed by atoms with van der Waals surface area (Å²) >= 11 is 0. The number of carbonyl (C=O) groups is 1. The van der Waals surface area contributed by atoms with E-state index in [1.165, 1.54) is 18.2 Å². The highest BCUT2D eigenvalue weighted by Gasteiger charge is 2.20. The number of hydrogen-bond donors (Lipinski definition) is 2. The van der Waals surface area contributed by atoms with Gasteiger partial charge in [-0.2, -0.15) is 0 Å². The zero-order chi connectivity index (χ0) is 21.5. The summed E-state index contributed by atoms with van der Waals surface area (Å²) in [6.07, 6.45) is 2.13. The van der Waals surface area contributed by atoms with E-state index in [-0.39, 0.29) is 29.6 Å². The number of benzene rings is 2. The highest BCUT2D eigenvalue weighted by Crippen LogP contribution is 2.24. The molecule has 0 saturated carbocycles. The van der Waals surface area contributed by atoms with Crippen LogP contribution in [0.5, 0.6) is 0 Å². The predicted octanol–water partition coefficient (Wildman–Crippen LogP) is 2.88. The average Bonchev–Trinajstić information content (AvgIpc) is 3.19. The van der Waals surface area contributed by atoms with Gasteiger partial charge in [0.1, 0.15) is 23.2 Å². The normalized spacial score (nSPS) is 11.7. The molecule has 0 fully saturated rings. The van der Waals surface area contributed by atoms with Crippen molar-refractivity contribution in [1.29, 1.82) is 0 Å². The van der Waals surface area contributed by atoms with Crippen molar-refractivity contribution in [1.82, 2.24) is 20.3 Å². The van der Waals surface area contributed by atoms with Crippen LogP contribution in [0.3, 0.4) is 0 Å². The molecule has 1 atom stereocenters. The number of nitrogens with one attached hydrogen (secondary N) is 2. The second-order valence-corrected chi connectivity index (χ2v) is 6.63. The van der Waals surface area contributed by atoms with Crippen molar-refractivity contribution in [2.75, 3.05) is 5.32 Å². The lowest BCUT2D eigenvalue weighted by molar-refractivity contribution is -0.384. The van der Waals surface area contributed by atoms with Gasteiger partial charge in [0, 0.05) is 6.07 Å². The molecule has 1 aromatic heterocycles. The Balaban J connectivity index is 1.57. The van der Waals surface area contributed by atoms with Gasteiger partial charge in [-0.3, -0.25) is 14.9 Å². The fourth-order valence-corrected chi connectivity index (χ4v) is 2.87. The number of hydrogen-bond acceptors (Lipinski definition) is 6. The molecule has 2 N–H and O–H groups in total. The third-order valence-corrected chi connectivity index (χ3v) is 4.44. The lowest BCUT2D eigenvalue weighted by Crippen LogP contribution is -2.39. The number of nitro groups is 1. The maximum absolute atomic E-state index is 13.0. The maximum Gasteiger partial charge on any atom is 0.292 e. The molecule has 0 aliphatic rings. The largest absolute Gasteiger partial charge is 0.368 e. The average molecular weight is 412 g/mol. The number of carbonyl (C=O) groups excluding carboxylic acids is 1. The smallest absolute Gasteiger partial charge is 0.292 e. The number of nitrogens with zero attached hydrogens (tertiary/aromatic N) is 4. The van der Waals surface area contributed by atoms with Crippen molar-refractivity contribution in [3.63, 3.8) is 0 Å². The first-order valence-corrected chi connectivity index (χ1v) is 9.37. The molecule has 0 aliphatic heterocycles. The Bertz CT molecular complexity index is 1020. The van der Waals surface area contributed by atoms with E-state index in [4.69, 9.17) is 0 Å². The zero-order valence-corrected chi connectivity index (χ0v) is 16.3. The van der Waals surface area contributed by atoms with Crippen LogP contribution in [0.25, 0.3) is 0 Å². The lowest BCUT2D eigenvalue weighted by Gasteiger charge is -2.17. The Morgan fingerprint density at radius 1 is 1.23 bits per heavy atom. The summed E-state index contributed by atoms with van der Waals surface area (Å²) in [6, 6.07) is 11.6. The Labute approximate surface area is 172 Å². The molecule has 0 spiro atoms. The molecular formula is C20H21FN6O3. The van der Waals surface area contributed by atoms with Crippen LogP contribution in [-0.2, 0) is 17.9 Å². The summed E-state index contributed by atoms with van der Waals surface area (Å²) in [5.41, 5.74) is 1.63. The van der Waals surface area contributed by atoms with Crippen molar-refractivity contribution in [3.05, 3.63) is 81.9 Å². The number of halogens is 1. The molecule has 1 heterocycles. The molecule has 30 heavy (non-hydrogen) atoms. The molecule has 1 unspecified atom stereocenters. The summed E-state index contributed by atoms with van der Waals surface area (Å²) in [7, 11) is 0. The van der Waals surface area contributed by atoms with Crippen LogP contribution in [0.2, 0.25) is 0 Å². The zero-order valence-electron chi connectivity index (χ0n) is 16.3. The summed E-state index contributed by atoms with van der Waals surface area (Å²) in [4.78, 5) is 23.2. The molecule has 2 aromatic carbocycles. The second kappa shape index (κ2) is 9.59. The number of nitro benzene ring substituents is 1. The van der Waals surface area contributed by atoms with Crippen LogP contribution in [0.1, 0.15) is 24.6 Å². The molecule has 3 rings (SSSR count). The highest BCUT2D eigenvalue weighted by atomic mass is 19.1. The van der Waals surface area contributed by atoms with E-state index in [0.717, 1.165) is 5.56 Å². The maximum atomic E-state index is 13.0. The standard InChI is InChI=1S/C20H21FN6O3/c1-2-17(23-18-5-3-4-6-19(18)27(29)30)20(28)22-11-16-13-26(25-24-16)12-14-7-9-15(21)10-8-14/h3-10,13,17,23H,2,11-12H2,1H3,(H,22,28). The van der Waals surface area contributed by atoms with Gasteiger partial charge < -0.3 is 10.6 Å². The van der Waals surface area contributed by atoms with Gasteiger partial charge in [-0.25, -0.2) is 9.07 Å². The van der Waals surface area contributed by atoms with E-state index in [0.29, 0.717) is 18.7 Å².